The Balaban J connectivity index is 1.46. The van der Waals surface area contributed by atoms with Crippen molar-refractivity contribution in [2.45, 2.75) is 24.2 Å². The van der Waals surface area contributed by atoms with E-state index in [1.807, 2.05) is 6.07 Å². The van der Waals surface area contributed by atoms with Crippen molar-refractivity contribution in [2.24, 2.45) is 5.92 Å². The summed E-state index contributed by atoms with van der Waals surface area (Å²) in [4.78, 5) is 25.0. The van der Waals surface area contributed by atoms with Gasteiger partial charge < -0.3 is 4.90 Å². The molecule has 10 heteroatoms. The molecule has 4 rings (SSSR count). The van der Waals surface area contributed by atoms with Crippen LogP contribution in [0.4, 0.5) is 15.8 Å². The largest absolute Gasteiger partial charge is 0.339 e. The molecule has 3 aromatic rings. The lowest BCUT2D eigenvalue weighted by Crippen LogP contribution is -2.39. The van der Waals surface area contributed by atoms with E-state index in [2.05, 4.69) is 4.72 Å². The fourth-order valence-electron chi connectivity index (χ4n) is 4.23. The SMILES string of the molecule is O=C(c1ccccc1NS(=O)(=O)c1cccc([N+](=O)[O-])c1)N1CCC(Cc2cccc(F)c2)CC1. The molecule has 0 aliphatic carbocycles. The standard InChI is InChI=1S/C25H24FN3O5S/c26-20-6-3-5-19(16-20)15-18-11-13-28(14-12-18)25(30)23-9-1-2-10-24(23)27-35(33,34)22-8-4-7-21(17-22)29(31)32/h1-10,16-18,27H,11-15H2. The number of anilines is 1. The third-order valence-electron chi connectivity index (χ3n) is 6.06. The van der Waals surface area contributed by atoms with Crippen molar-refractivity contribution >= 4 is 27.3 Å². The number of nitrogens with zero attached hydrogens (tertiary/aromatic N) is 2. The van der Waals surface area contributed by atoms with Crippen LogP contribution >= 0.6 is 0 Å². The quantitative estimate of drug-likeness (QED) is 0.378. The number of para-hydroxylation sites is 1. The number of nitro groups is 1. The summed E-state index contributed by atoms with van der Waals surface area (Å²) in [6.45, 7) is 1.01. The fourth-order valence-corrected chi connectivity index (χ4v) is 5.35. The Morgan fingerprint density at radius 3 is 2.46 bits per heavy atom. The molecule has 182 valence electrons. The minimum Gasteiger partial charge on any atom is -0.339 e. The number of rotatable bonds is 7. The summed E-state index contributed by atoms with van der Waals surface area (Å²) in [5.74, 6) is -0.241. The van der Waals surface area contributed by atoms with Crippen molar-refractivity contribution in [2.75, 3.05) is 17.8 Å². The highest BCUT2D eigenvalue weighted by molar-refractivity contribution is 7.92. The van der Waals surface area contributed by atoms with Crippen LogP contribution in [0.5, 0.6) is 0 Å². The molecule has 0 bridgehead atoms. The Bertz CT molecular complexity index is 1350. The van der Waals surface area contributed by atoms with Crippen LogP contribution in [-0.4, -0.2) is 37.2 Å². The number of non-ortho nitro benzene ring substituents is 1. The van der Waals surface area contributed by atoms with Gasteiger partial charge in [-0.15, -0.1) is 0 Å². The number of amides is 1. The lowest BCUT2D eigenvalue weighted by Gasteiger charge is -2.32. The monoisotopic (exact) mass is 497 g/mol. The minimum absolute atomic E-state index is 0.103. The van der Waals surface area contributed by atoms with E-state index in [1.165, 1.54) is 36.4 Å². The van der Waals surface area contributed by atoms with Crippen LogP contribution in [0.2, 0.25) is 0 Å². The topological polar surface area (TPSA) is 110 Å². The first-order chi connectivity index (χ1) is 16.7. The number of nitrogens with one attached hydrogen (secondary N) is 1. The zero-order valence-corrected chi connectivity index (χ0v) is 19.6. The number of hydrogen-bond acceptors (Lipinski definition) is 5. The zero-order valence-electron chi connectivity index (χ0n) is 18.8. The maximum Gasteiger partial charge on any atom is 0.270 e. The number of piperidine rings is 1. The number of likely N-dealkylation sites (tertiary alicyclic amines) is 1. The first-order valence-corrected chi connectivity index (χ1v) is 12.6. The molecule has 35 heavy (non-hydrogen) atoms. The van der Waals surface area contributed by atoms with Gasteiger partial charge in [-0.1, -0.05) is 30.3 Å². The highest BCUT2D eigenvalue weighted by atomic mass is 32.2. The smallest absolute Gasteiger partial charge is 0.270 e. The molecular weight excluding hydrogens is 473 g/mol. The van der Waals surface area contributed by atoms with Gasteiger partial charge >= 0.3 is 0 Å². The van der Waals surface area contributed by atoms with Crippen LogP contribution in [0.15, 0.2) is 77.7 Å². The van der Waals surface area contributed by atoms with Gasteiger partial charge in [0.25, 0.3) is 21.6 Å². The van der Waals surface area contributed by atoms with Gasteiger partial charge in [-0.2, -0.15) is 0 Å². The van der Waals surface area contributed by atoms with Crippen molar-refractivity contribution in [1.29, 1.82) is 0 Å². The van der Waals surface area contributed by atoms with E-state index in [1.54, 1.807) is 29.2 Å². The van der Waals surface area contributed by atoms with Crippen molar-refractivity contribution < 1.29 is 22.5 Å². The predicted molar refractivity (Wildman–Crippen MR) is 129 cm³/mol. The van der Waals surface area contributed by atoms with Gasteiger partial charge in [0.2, 0.25) is 0 Å². The van der Waals surface area contributed by atoms with Crippen LogP contribution in [0.1, 0.15) is 28.8 Å². The summed E-state index contributed by atoms with van der Waals surface area (Å²) in [5.41, 5.74) is 0.880. The van der Waals surface area contributed by atoms with E-state index in [0.717, 1.165) is 30.9 Å². The number of halogens is 1. The van der Waals surface area contributed by atoms with E-state index in [4.69, 9.17) is 0 Å². The summed E-state index contributed by atoms with van der Waals surface area (Å²) in [6, 6.07) is 17.5. The van der Waals surface area contributed by atoms with Gasteiger partial charge in [-0.05, 0) is 61.1 Å². The lowest BCUT2D eigenvalue weighted by atomic mass is 9.90. The van der Waals surface area contributed by atoms with E-state index in [9.17, 15) is 27.7 Å². The van der Waals surface area contributed by atoms with Crippen LogP contribution in [-0.2, 0) is 16.4 Å². The van der Waals surface area contributed by atoms with Gasteiger partial charge in [0, 0.05) is 25.2 Å². The first kappa shape index (κ1) is 24.3. The Morgan fingerprint density at radius 2 is 1.74 bits per heavy atom. The summed E-state index contributed by atoms with van der Waals surface area (Å²) < 4.78 is 41.6. The van der Waals surface area contributed by atoms with Crippen molar-refractivity contribution in [3.63, 3.8) is 0 Å². The summed E-state index contributed by atoms with van der Waals surface area (Å²) in [6.07, 6.45) is 2.24. The average molecular weight is 498 g/mol. The van der Waals surface area contributed by atoms with Gasteiger partial charge in [-0.3, -0.25) is 19.6 Å². The fraction of sp³-hybridized carbons (Fsp3) is 0.240. The molecule has 1 heterocycles. The van der Waals surface area contributed by atoms with E-state index in [-0.39, 0.29) is 33.6 Å². The highest BCUT2D eigenvalue weighted by Crippen LogP contribution is 2.27. The zero-order chi connectivity index (χ0) is 25.0. The first-order valence-electron chi connectivity index (χ1n) is 11.1. The van der Waals surface area contributed by atoms with E-state index in [0.29, 0.717) is 19.0 Å². The minimum atomic E-state index is -4.16. The summed E-state index contributed by atoms with van der Waals surface area (Å²) >= 11 is 0. The molecule has 1 amide bonds. The molecule has 0 saturated carbocycles. The molecule has 0 aromatic heterocycles. The number of sulfonamides is 1. The summed E-state index contributed by atoms with van der Waals surface area (Å²) in [5, 5.41) is 11.0. The van der Waals surface area contributed by atoms with Gasteiger partial charge in [-0.25, -0.2) is 12.8 Å². The Kier molecular flexibility index (Phi) is 7.11. The van der Waals surface area contributed by atoms with Gasteiger partial charge in [0.15, 0.2) is 0 Å². The number of benzene rings is 3. The average Bonchev–Trinajstić information content (AvgIpc) is 2.84. The maximum absolute atomic E-state index is 13.5. The molecule has 1 aliphatic rings. The van der Waals surface area contributed by atoms with Crippen molar-refractivity contribution in [3.05, 3.63) is 99.9 Å². The Morgan fingerprint density at radius 1 is 1.03 bits per heavy atom. The molecule has 0 unspecified atom stereocenters. The van der Waals surface area contributed by atoms with Crippen LogP contribution < -0.4 is 4.72 Å². The number of carbonyl (C=O) groups is 1. The molecule has 8 nitrogen and oxygen atoms in total. The molecule has 1 fully saturated rings. The molecule has 1 aliphatic heterocycles. The third-order valence-corrected chi connectivity index (χ3v) is 7.42. The molecule has 0 atom stereocenters. The van der Waals surface area contributed by atoms with E-state index >= 15 is 0 Å². The molecule has 1 saturated heterocycles. The second kappa shape index (κ2) is 10.2. The molecular formula is C25H24FN3O5S. The van der Waals surface area contributed by atoms with Crippen LogP contribution in [0, 0.1) is 21.8 Å². The highest BCUT2D eigenvalue weighted by Gasteiger charge is 2.27. The Labute approximate surface area is 202 Å². The van der Waals surface area contributed by atoms with Crippen LogP contribution in [0.25, 0.3) is 0 Å². The second-order valence-electron chi connectivity index (χ2n) is 8.48. The van der Waals surface area contributed by atoms with Crippen molar-refractivity contribution in [3.8, 4) is 0 Å². The lowest BCUT2D eigenvalue weighted by molar-refractivity contribution is -0.385. The molecule has 3 aromatic carbocycles. The van der Waals surface area contributed by atoms with Crippen LogP contribution in [0.3, 0.4) is 0 Å². The number of nitro benzene ring substituents is 1. The molecule has 1 N–H and O–H groups in total. The predicted octanol–water partition coefficient (Wildman–Crippen LogP) is 4.63. The Hall–Kier alpha value is -3.79. The number of carbonyl (C=O) groups excluding carboxylic acids is 1. The second-order valence-corrected chi connectivity index (χ2v) is 10.2. The maximum atomic E-state index is 13.5. The van der Waals surface area contributed by atoms with Gasteiger partial charge in [0.1, 0.15) is 5.82 Å². The number of hydrogen-bond donors (Lipinski definition) is 1. The van der Waals surface area contributed by atoms with E-state index < -0.39 is 14.9 Å². The van der Waals surface area contributed by atoms with Gasteiger partial charge in [0.05, 0.1) is 21.1 Å². The molecule has 0 radical (unpaired) electrons. The van der Waals surface area contributed by atoms with Crippen molar-refractivity contribution in [1.82, 2.24) is 4.90 Å². The third kappa shape index (κ3) is 5.83. The molecule has 0 spiro atoms. The summed E-state index contributed by atoms with van der Waals surface area (Å²) in [7, 11) is -4.16. The normalized spacial score (nSPS) is 14.5.